The molecule has 0 bridgehead atoms. The molecule has 1 saturated heterocycles. The molecule has 0 unspecified atom stereocenters. The van der Waals surface area contributed by atoms with Crippen LogP contribution in [0.3, 0.4) is 0 Å². The summed E-state index contributed by atoms with van der Waals surface area (Å²) in [6, 6.07) is 5.63. The van der Waals surface area contributed by atoms with E-state index in [1.165, 1.54) is 16.8 Å². The molecule has 1 fully saturated rings. The highest BCUT2D eigenvalue weighted by atomic mass is 35.5. The predicted molar refractivity (Wildman–Crippen MR) is 102 cm³/mol. The Labute approximate surface area is 167 Å². The molecule has 0 spiro atoms. The van der Waals surface area contributed by atoms with Gasteiger partial charge in [-0.15, -0.1) is 0 Å². The molecule has 2 aromatic rings. The van der Waals surface area contributed by atoms with E-state index in [0.29, 0.717) is 49.5 Å². The van der Waals surface area contributed by atoms with Crippen molar-refractivity contribution in [1.29, 1.82) is 0 Å². The van der Waals surface area contributed by atoms with E-state index in [2.05, 4.69) is 10.4 Å². The van der Waals surface area contributed by atoms with Crippen molar-refractivity contribution in [2.75, 3.05) is 19.7 Å². The van der Waals surface area contributed by atoms with Crippen molar-refractivity contribution < 1.29 is 18.7 Å². The molecule has 1 aliphatic heterocycles. The Morgan fingerprint density at radius 2 is 1.93 bits per heavy atom. The van der Waals surface area contributed by atoms with Gasteiger partial charge in [0, 0.05) is 19.1 Å². The quantitative estimate of drug-likeness (QED) is 0.841. The number of aryl methyl sites for hydroxylation is 1. The molecule has 1 aromatic heterocycles. The Morgan fingerprint density at radius 3 is 2.54 bits per heavy atom. The minimum atomic E-state index is -0.365. The number of benzene rings is 1. The molecule has 150 valence electrons. The van der Waals surface area contributed by atoms with Gasteiger partial charge in [-0.25, -0.2) is 13.9 Å². The largest absolute Gasteiger partial charge is 0.450 e. The number of halogens is 2. The molecule has 0 aliphatic carbocycles. The second-order valence-corrected chi connectivity index (χ2v) is 6.93. The third-order valence-corrected chi connectivity index (χ3v) is 5.01. The highest BCUT2D eigenvalue weighted by Crippen LogP contribution is 2.24. The summed E-state index contributed by atoms with van der Waals surface area (Å²) in [5, 5.41) is 7.45. The van der Waals surface area contributed by atoms with E-state index in [4.69, 9.17) is 16.3 Å². The fourth-order valence-corrected chi connectivity index (χ4v) is 3.55. The lowest BCUT2D eigenvalue weighted by Gasteiger charge is -2.31. The van der Waals surface area contributed by atoms with Crippen LogP contribution in [0, 0.1) is 12.7 Å². The first kappa shape index (κ1) is 20.1. The summed E-state index contributed by atoms with van der Waals surface area (Å²) < 4.78 is 19.5. The number of nitrogens with one attached hydrogen (secondary N) is 1. The molecule has 3 rings (SSSR count). The normalized spacial score (nSPS) is 14.8. The van der Waals surface area contributed by atoms with Gasteiger partial charge < -0.3 is 15.0 Å². The van der Waals surface area contributed by atoms with Crippen LogP contribution >= 0.6 is 11.6 Å². The SMILES string of the molecule is CCOC(=O)N1CCC(NC(=O)c2c(C)nn(-c3ccc(F)cc3)c2Cl)CC1. The van der Waals surface area contributed by atoms with Gasteiger partial charge >= 0.3 is 6.09 Å². The van der Waals surface area contributed by atoms with Crippen LogP contribution in [0.5, 0.6) is 0 Å². The van der Waals surface area contributed by atoms with Crippen molar-refractivity contribution in [3.8, 4) is 5.69 Å². The minimum Gasteiger partial charge on any atom is -0.450 e. The first-order valence-corrected chi connectivity index (χ1v) is 9.52. The molecule has 28 heavy (non-hydrogen) atoms. The summed E-state index contributed by atoms with van der Waals surface area (Å²) in [4.78, 5) is 26.2. The van der Waals surface area contributed by atoms with Crippen LogP contribution in [0.2, 0.25) is 5.15 Å². The van der Waals surface area contributed by atoms with Gasteiger partial charge in [-0.05, 0) is 51.0 Å². The van der Waals surface area contributed by atoms with Crippen LogP contribution < -0.4 is 5.32 Å². The van der Waals surface area contributed by atoms with Gasteiger partial charge in [-0.3, -0.25) is 4.79 Å². The number of carbonyl (C=O) groups is 2. The van der Waals surface area contributed by atoms with E-state index in [9.17, 15) is 14.0 Å². The molecule has 9 heteroatoms. The van der Waals surface area contributed by atoms with E-state index < -0.39 is 0 Å². The number of carbonyl (C=O) groups excluding carboxylic acids is 2. The summed E-state index contributed by atoms with van der Waals surface area (Å²) in [5.41, 5.74) is 1.34. The summed E-state index contributed by atoms with van der Waals surface area (Å²) in [7, 11) is 0. The zero-order valence-electron chi connectivity index (χ0n) is 15.7. The van der Waals surface area contributed by atoms with Crippen molar-refractivity contribution in [3.05, 3.63) is 46.5 Å². The third-order valence-electron chi connectivity index (χ3n) is 4.66. The van der Waals surface area contributed by atoms with Crippen LogP contribution in [-0.2, 0) is 4.74 Å². The van der Waals surface area contributed by atoms with Crippen LogP contribution in [0.25, 0.3) is 5.69 Å². The number of hydrogen-bond donors (Lipinski definition) is 1. The molecule has 0 atom stereocenters. The van der Waals surface area contributed by atoms with Crippen LogP contribution in [0.1, 0.15) is 35.8 Å². The Bertz CT molecular complexity index is 861. The van der Waals surface area contributed by atoms with Gasteiger partial charge in [0.1, 0.15) is 11.0 Å². The summed E-state index contributed by atoms with van der Waals surface area (Å²) in [6.45, 7) is 4.84. The van der Waals surface area contributed by atoms with Crippen molar-refractivity contribution in [2.24, 2.45) is 0 Å². The highest BCUT2D eigenvalue weighted by Gasteiger charge is 2.27. The van der Waals surface area contributed by atoms with Crippen molar-refractivity contribution in [3.63, 3.8) is 0 Å². The maximum atomic E-state index is 13.1. The first-order chi connectivity index (χ1) is 13.4. The number of amides is 2. The van der Waals surface area contributed by atoms with Gasteiger partial charge in [0.25, 0.3) is 5.91 Å². The van der Waals surface area contributed by atoms with Crippen LogP contribution in [0.4, 0.5) is 9.18 Å². The lowest BCUT2D eigenvalue weighted by Crippen LogP contribution is -2.46. The second-order valence-electron chi connectivity index (χ2n) is 6.57. The van der Waals surface area contributed by atoms with Gasteiger partial charge in [-0.1, -0.05) is 11.6 Å². The Kier molecular flexibility index (Phi) is 6.18. The van der Waals surface area contributed by atoms with E-state index in [1.807, 2.05) is 0 Å². The number of aromatic nitrogens is 2. The maximum Gasteiger partial charge on any atom is 0.409 e. The van der Waals surface area contributed by atoms with E-state index in [-0.39, 0.29) is 29.0 Å². The standard InChI is InChI=1S/C19H22ClFN4O3/c1-3-28-19(27)24-10-8-14(9-11-24)22-18(26)16-12(2)23-25(17(16)20)15-6-4-13(21)5-7-15/h4-7,14H,3,8-11H2,1-2H3,(H,22,26). The number of piperidine rings is 1. The molecule has 2 amide bonds. The van der Waals surface area contributed by atoms with E-state index in [0.717, 1.165) is 0 Å². The number of nitrogens with zero attached hydrogens (tertiary/aromatic N) is 3. The summed E-state index contributed by atoms with van der Waals surface area (Å²) >= 11 is 6.39. The molecular formula is C19H22ClFN4O3. The molecule has 0 radical (unpaired) electrons. The van der Waals surface area contributed by atoms with Gasteiger partial charge in [0.2, 0.25) is 0 Å². The Hall–Kier alpha value is -2.61. The fraction of sp³-hybridized carbons (Fsp3) is 0.421. The molecule has 2 heterocycles. The number of ether oxygens (including phenoxy) is 1. The third kappa shape index (κ3) is 4.27. The van der Waals surface area contributed by atoms with Crippen molar-refractivity contribution in [1.82, 2.24) is 20.0 Å². The second kappa shape index (κ2) is 8.60. The number of rotatable bonds is 4. The zero-order valence-corrected chi connectivity index (χ0v) is 16.5. The Morgan fingerprint density at radius 1 is 1.29 bits per heavy atom. The summed E-state index contributed by atoms with van der Waals surface area (Å²) in [5.74, 6) is -0.679. The smallest absolute Gasteiger partial charge is 0.409 e. The molecule has 7 nitrogen and oxygen atoms in total. The van der Waals surface area contributed by atoms with Crippen LogP contribution in [0.15, 0.2) is 24.3 Å². The molecule has 1 N–H and O–H groups in total. The van der Waals surface area contributed by atoms with E-state index >= 15 is 0 Å². The van der Waals surface area contributed by atoms with Crippen molar-refractivity contribution in [2.45, 2.75) is 32.7 Å². The first-order valence-electron chi connectivity index (χ1n) is 9.14. The molecule has 1 aromatic carbocycles. The Balaban J connectivity index is 1.67. The summed E-state index contributed by atoms with van der Waals surface area (Å²) in [6.07, 6.45) is 0.937. The molecule has 1 aliphatic rings. The number of hydrogen-bond acceptors (Lipinski definition) is 4. The lowest BCUT2D eigenvalue weighted by molar-refractivity contribution is 0.0860. The topological polar surface area (TPSA) is 76.5 Å². The van der Waals surface area contributed by atoms with Crippen molar-refractivity contribution >= 4 is 23.6 Å². The average molecular weight is 409 g/mol. The zero-order chi connectivity index (χ0) is 20.3. The highest BCUT2D eigenvalue weighted by molar-refractivity contribution is 6.33. The molecule has 0 saturated carbocycles. The van der Waals surface area contributed by atoms with Gasteiger partial charge in [0.15, 0.2) is 0 Å². The maximum absolute atomic E-state index is 13.1. The van der Waals surface area contributed by atoms with Crippen LogP contribution in [-0.4, -0.2) is 52.4 Å². The predicted octanol–water partition coefficient (Wildman–Crippen LogP) is 3.32. The average Bonchev–Trinajstić information content (AvgIpc) is 2.97. The minimum absolute atomic E-state index is 0.0668. The lowest BCUT2D eigenvalue weighted by atomic mass is 10.0. The van der Waals surface area contributed by atoms with E-state index in [1.54, 1.807) is 30.9 Å². The monoisotopic (exact) mass is 408 g/mol. The van der Waals surface area contributed by atoms with Gasteiger partial charge in [0.05, 0.1) is 23.6 Å². The fourth-order valence-electron chi connectivity index (χ4n) is 3.19. The number of likely N-dealkylation sites (tertiary alicyclic amines) is 1. The molecular weight excluding hydrogens is 387 g/mol. The van der Waals surface area contributed by atoms with Gasteiger partial charge in [-0.2, -0.15) is 5.10 Å².